The fourth-order valence-corrected chi connectivity index (χ4v) is 1.13. The number of hydrogen-bond donors (Lipinski definition) is 2. The highest BCUT2D eigenvalue weighted by molar-refractivity contribution is 5.85. The number of aromatic carboxylic acids is 1. The van der Waals surface area contributed by atoms with E-state index >= 15 is 0 Å². The Morgan fingerprint density at radius 2 is 1.62 bits per heavy atom. The number of nitrogens with one attached hydrogen (secondary N) is 1. The van der Waals surface area contributed by atoms with Crippen LogP contribution in [0.3, 0.4) is 0 Å². The van der Waals surface area contributed by atoms with Gasteiger partial charge in [0.05, 0.1) is 0 Å². The molecule has 0 unspecified atom stereocenters. The molecule has 0 aliphatic heterocycles. The molecule has 3 nitrogen and oxygen atoms in total. The van der Waals surface area contributed by atoms with Crippen molar-refractivity contribution in [1.29, 1.82) is 0 Å². The monoisotopic (exact) mass is 217 g/mol. The number of aromatic amines is 1. The van der Waals surface area contributed by atoms with E-state index in [2.05, 4.69) is 43.1 Å². The molecule has 0 fully saturated rings. The van der Waals surface area contributed by atoms with Crippen molar-refractivity contribution < 1.29 is 9.90 Å². The fraction of sp³-hybridized carbons (Fsp3) is 0.154. The third kappa shape index (κ3) is 3.61. The van der Waals surface area contributed by atoms with E-state index in [1.807, 2.05) is 0 Å². The van der Waals surface area contributed by atoms with E-state index in [0.717, 1.165) is 0 Å². The van der Waals surface area contributed by atoms with Crippen LogP contribution in [0.25, 0.3) is 0 Å². The van der Waals surface area contributed by atoms with E-state index in [1.165, 1.54) is 17.2 Å². The van der Waals surface area contributed by atoms with Crippen LogP contribution in [-0.2, 0) is 0 Å². The molecule has 1 aromatic heterocycles. The first-order valence-corrected chi connectivity index (χ1v) is 5.00. The highest BCUT2D eigenvalue weighted by atomic mass is 16.4. The van der Waals surface area contributed by atoms with Gasteiger partial charge in [0.2, 0.25) is 0 Å². The average molecular weight is 217 g/mol. The molecule has 16 heavy (non-hydrogen) atoms. The number of rotatable bonds is 1. The summed E-state index contributed by atoms with van der Waals surface area (Å²) in [6.45, 7) is 4.24. The number of hydrogen-bond acceptors (Lipinski definition) is 1. The van der Waals surface area contributed by atoms with E-state index in [-0.39, 0.29) is 5.69 Å². The van der Waals surface area contributed by atoms with Gasteiger partial charge in [0.25, 0.3) is 0 Å². The Morgan fingerprint density at radius 3 is 1.88 bits per heavy atom. The molecular weight excluding hydrogens is 202 g/mol. The second-order valence-corrected chi connectivity index (χ2v) is 3.47. The molecule has 0 aliphatic carbocycles. The van der Waals surface area contributed by atoms with Gasteiger partial charge in [0.1, 0.15) is 5.69 Å². The van der Waals surface area contributed by atoms with Gasteiger partial charge in [-0.1, -0.05) is 24.3 Å². The van der Waals surface area contributed by atoms with E-state index in [0.29, 0.717) is 0 Å². The molecule has 0 saturated carbocycles. The Hall–Kier alpha value is -2.03. The van der Waals surface area contributed by atoms with Gasteiger partial charge < -0.3 is 10.1 Å². The van der Waals surface area contributed by atoms with Crippen LogP contribution in [0.1, 0.15) is 21.6 Å². The molecule has 2 N–H and O–H groups in total. The van der Waals surface area contributed by atoms with Crippen LogP contribution in [0.15, 0.2) is 42.6 Å². The van der Waals surface area contributed by atoms with Gasteiger partial charge in [-0.3, -0.25) is 0 Å². The molecule has 0 aliphatic rings. The number of carboxylic acids is 1. The zero-order valence-electron chi connectivity index (χ0n) is 9.40. The average Bonchev–Trinajstić information content (AvgIpc) is 2.77. The van der Waals surface area contributed by atoms with Crippen molar-refractivity contribution in [1.82, 2.24) is 4.98 Å². The Labute approximate surface area is 94.8 Å². The molecule has 2 aromatic rings. The third-order valence-corrected chi connectivity index (χ3v) is 2.25. The first kappa shape index (κ1) is 12.0. The van der Waals surface area contributed by atoms with Crippen molar-refractivity contribution in [2.75, 3.05) is 0 Å². The number of aryl methyl sites for hydroxylation is 2. The van der Waals surface area contributed by atoms with Gasteiger partial charge >= 0.3 is 5.97 Å². The van der Waals surface area contributed by atoms with Crippen LogP contribution < -0.4 is 0 Å². The van der Waals surface area contributed by atoms with Gasteiger partial charge in [-0.25, -0.2) is 4.79 Å². The quantitative estimate of drug-likeness (QED) is 0.771. The summed E-state index contributed by atoms with van der Waals surface area (Å²) in [5.74, 6) is -0.921. The maximum Gasteiger partial charge on any atom is 0.352 e. The summed E-state index contributed by atoms with van der Waals surface area (Å²) in [6.07, 6.45) is 1.57. The number of carboxylic acid groups (broad SMARTS) is 1. The summed E-state index contributed by atoms with van der Waals surface area (Å²) in [4.78, 5) is 12.6. The van der Waals surface area contributed by atoms with Crippen molar-refractivity contribution >= 4 is 5.97 Å². The molecule has 0 bridgehead atoms. The van der Waals surface area contributed by atoms with Crippen molar-refractivity contribution in [2.24, 2.45) is 0 Å². The summed E-state index contributed by atoms with van der Waals surface area (Å²) in [5.41, 5.74) is 2.96. The van der Waals surface area contributed by atoms with Crippen LogP contribution in [0.4, 0.5) is 0 Å². The third-order valence-electron chi connectivity index (χ3n) is 2.25. The van der Waals surface area contributed by atoms with Crippen LogP contribution in [0, 0.1) is 13.8 Å². The fourth-order valence-electron chi connectivity index (χ4n) is 1.13. The maximum absolute atomic E-state index is 10.0. The lowest BCUT2D eigenvalue weighted by Crippen LogP contribution is -1.94. The van der Waals surface area contributed by atoms with Gasteiger partial charge in [-0.2, -0.15) is 0 Å². The molecule has 2 rings (SSSR count). The first-order chi connectivity index (χ1) is 7.61. The van der Waals surface area contributed by atoms with Crippen LogP contribution >= 0.6 is 0 Å². The van der Waals surface area contributed by atoms with E-state index in [1.54, 1.807) is 12.3 Å². The minimum Gasteiger partial charge on any atom is -0.477 e. The Bertz CT molecular complexity index is 426. The smallest absolute Gasteiger partial charge is 0.352 e. The van der Waals surface area contributed by atoms with Crippen molar-refractivity contribution in [3.05, 3.63) is 59.4 Å². The molecule has 3 heteroatoms. The van der Waals surface area contributed by atoms with Gasteiger partial charge in [-0.15, -0.1) is 0 Å². The molecule has 0 spiro atoms. The molecule has 1 aromatic carbocycles. The lowest BCUT2D eigenvalue weighted by molar-refractivity contribution is 0.0691. The lowest BCUT2D eigenvalue weighted by Gasteiger charge is -1.93. The van der Waals surface area contributed by atoms with Crippen molar-refractivity contribution in [3.8, 4) is 0 Å². The summed E-state index contributed by atoms with van der Waals surface area (Å²) < 4.78 is 0. The number of carbonyl (C=O) groups is 1. The minimum absolute atomic E-state index is 0.227. The summed E-state index contributed by atoms with van der Waals surface area (Å²) >= 11 is 0. The Kier molecular flexibility index (Phi) is 4.33. The predicted molar refractivity (Wildman–Crippen MR) is 63.7 cm³/mol. The normalized spacial score (nSPS) is 9.12. The van der Waals surface area contributed by atoms with E-state index in [4.69, 9.17) is 5.11 Å². The Morgan fingerprint density at radius 1 is 1.06 bits per heavy atom. The van der Waals surface area contributed by atoms with Crippen LogP contribution in [0.2, 0.25) is 0 Å². The highest BCUT2D eigenvalue weighted by Gasteiger charge is 1.98. The molecule has 0 radical (unpaired) electrons. The molecule has 0 saturated heterocycles. The topological polar surface area (TPSA) is 53.1 Å². The molecule has 84 valence electrons. The maximum atomic E-state index is 10.0. The van der Waals surface area contributed by atoms with Crippen molar-refractivity contribution in [3.63, 3.8) is 0 Å². The number of H-pyrrole nitrogens is 1. The Balaban J connectivity index is 0.000000160. The van der Waals surface area contributed by atoms with Gasteiger partial charge in [-0.05, 0) is 37.1 Å². The second kappa shape index (κ2) is 5.75. The summed E-state index contributed by atoms with van der Waals surface area (Å²) in [5, 5.41) is 8.24. The van der Waals surface area contributed by atoms with Gasteiger partial charge in [0.15, 0.2) is 0 Å². The van der Waals surface area contributed by atoms with Crippen LogP contribution in [0.5, 0.6) is 0 Å². The molecular formula is C13H15NO2. The minimum atomic E-state index is -0.921. The molecule has 0 atom stereocenters. The zero-order chi connectivity index (χ0) is 12.0. The van der Waals surface area contributed by atoms with Crippen LogP contribution in [-0.4, -0.2) is 16.1 Å². The van der Waals surface area contributed by atoms with E-state index in [9.17, 15) is 4.79 Å². The summed E-state index contributed by atoms with van der Waals surface area (Å²) in [7, 11) is 0. The first-order valence-electron chi connectivity index (χ1n) is 5.00. The SMILES string of the molecule is Cc1ccccc1C.O=C(O)c1ccc[nH]1. The largest absolute Gasteiger partial charge is 0.477 e. The highest BCUT2D eigenvalue weighted by Crippen LogP contribution is 2.02. The van der Waals surface area contributed by atoms with Crippen molar-refractivity contribution in [2.45, 2.75) is 13.8 Å². The number of benzene rings is 1. The lowest BCUT2D eigenvalue weighted by atomic mass is 10.1. The molecule has 1 heterocycles. The molecule has 0 amide bonds. The summed E-state index contributed by atoms with van der Waals surface area (Å²) in [6, 6.07) is 11.5. The zero-order valence-corrected chi connectivity index (χ0v) is 9.40. The predicted octanol–water partition coefficient (Wildman–Crippen LogP) is 3.02. The van der Waals surface area contributed by atoms with Gasteiger partial charge in [0, 0.05) is 6.20 Å². The standard InChI is InChI=1S/C8H10.C5H5NO2/c1-7-5-3-4-6-8(7)2;7-5(8)4-2-1-3-6-4/h3-6H,1-2H3;1-3,6H,(H,7,8). The second-order valence-electron chi connectivity index (χ2n) is 3.47. The van der Waals surface area contributed by atoms with E-state index < -0.39 is 5.97 Å². The number of aromatic nitrogens is 1.